The van der Waals surface area contributed by atoms with Gasteiger partial charge in [-0.1, -0.05) is 78.9 Å². The largest absolute Gasteiger partial charge is 0.298 e. The highest BCUT2D eigenvalue weighted by Gasteiger charge is 2.10. The highest BCUT2D eigenvalue weighted by Crippen LogP contribution is 2.30. The molecule has 96 valence electrons. The van der Waals surface area contributed by atoms with Gasteiger partial charge >= 0.3 is 0 Å². The number of hydrogen-bond donors (Lipinski definition) is 0. The smallest absolute Gasteiger partial charge is 0.151 e. The number of hydrogen-bond acceptors (Lipinski definition) is 1. The molecule has 0 bridgehead atoms. The second kappa shape index (κ2) is 5.54. The summed E-state index contributed by atoms with van der Waals surface area (Å²) in [5.41, 5.74) is 4.81. The fourth-order valence-electron chi connectivity index (χ4n) is 2.43. The van der Waals surface area contributed by atoms with Gasteiger partial charge in [0.15, 0.2) is 6.29 Å². The highest BCUT2D eigenvalue weighted by molar-refractivity contribution is 5.96. The quantitative estimate of drug-likeness (QED) is 0.615. The van der Waals surface area contributed by atoms with E-state index < -0.39 is 0 Å². The van der Waals surface area contributed by atoms with Gasteiger partial charge in [0.2, 0.25) is 0 Å². The standard InChI is InChI=1S/C19H14O/c20-14-19-17(15-8-3-1-4-9-15)12-7-13-18(19)16-10-5-2-6-11-16/h1-14H. The zero-order chi connectivity index (χ0) is 13.8. The lowest BCUT2D eigenvalue weighted by Crippen LogP contribution is -1.92. The summed E-state index contributed by atoms with van der Waals surface area (Å²) in [4.78, 5) is 11.6. The van der Waals surface area contributed by atoms with Gasteiger partial charge in [-0.05, 0) is 22.3 Å². The van der Waals surface area contributed by atoms with Gasteiger partial charge in [0, 0.05) is 5.56 Å². The van der Waals surface area contributed by atoms with Gasteiger partial charge in [0.05, 0.1) is 0 Å². The molecule has 0 fully saturated rings. The Labute approximate surface area is 118 Å². The molecule has 0 spiro atoms. The molecular weight excluding hydrogens is 244 g/mol. The zero-order valence-corrected chi connectivity index (χ0v) is 11.0. The summed E-state index contributed by atoms with van der Waals surface area (Å²) in [5, 5.41) is 0. The van der Waals surface area contributed by atoms with Gasteiger partial charge in [-0.3, -0.25) is 4.79 Å². The van der Waals surface area contributed by atoms with Crippen molar-refractivity contribution in [3.63, 3.8) is 0 Å². The lowest BCUT2D eigenvalue weighted by atomic mass is 9.92. The third-order valence-electron chi connectivity index (χ3n) is 3.39. The monoisotopic (exact) mass is 258 g/mol. The Morgan fingerprint density at radius 2 is 1.00 bits per heavy atom. The van der Waals surface area contributed by atoms with Crippen LogP contribution in [-0.2, 0) is 0 Å². The van der Waals surface area contributed by atoms with Crippen LogP contribution in [-0.4, -0.2) is 6.29 Å². The molecule has 0 aliphatic heterocycles. The predicted octanol–water partition coefficient (Wildman–Crippen LogP) is 4.83. The third kappa shape index (κ3) is 2.26. The van der Waals surface area contributed by atoms with Crippen molar-refractivity contribution in [2.24, 2.45) is 0 Å². The molecule has 3 aromatic rings. The number of carbonyl (C=O) groups excluding carboxylic acids is 1. The van der Waals surface area contributed by atoms with Crippen molar-refractivity contribution in [1.29, 1.82) is 0 Å². The van der Waals surface area contributed by atoms with Crippen molar-refractivity contribution in [3.05, 3.63) is 84.4 Å². The summed E-state index contributed by atoms with van der Waals surface area (Å²) in [5.74, 6) is 0. The maximum atomic E-state index is 11.6. The average molecular weight is 258 g/mol. The van der Waals surface area contributed by atoms with E-state index in [1.54, 1.807) is 0 Å². The molecule has 0 amide bonds. The molecule has 0 atom stereocenters. The highest BCUT2D eigenvalue weighted by atomic mass is 16.1. The maximum absolute atomic E-state index is 11.6. The number of carbonyl (C=O) groups is 1. The Balaban J connectivity index is 2.22. The fourth-order valence-corrected chi connectivity index (χ4v) is 2.43. The minimum Gasteiger partial charge on any atom is -0.298 e. The molecule has 0 aliphatic carbocycles. The molecule has 0 heterocycles. The van der Waals surface area contributed by atoms with Gasteiger partial charge in [0.1, 0.15) is 0 Å². The van der Waals surface area contributed by atoms with E-state index in [1.807, 2.05) is 78.9 Å². The van der Waals surface area contributed by atoms with Crippen LogP contribution in [0.1, 0.15) is 10.4 Å². The van der Waals surface area contributed by atoms with E-state index in [-0.39, 0.29) is 0 Å². The SMILES string of the molecule is O=Cc1c(-c2ccccc2)cccc1-c1ccccc1. The van der Waals surface area contributed by atoms with Gasteiger partial charge in [-0.25, -0.2) is 0 Å². The van der Waals surface area contributed by atoms with Crippen LogP contribution < -0.4 is 0 Å². The third-order valence-corrected chi connectivity index (χ3v) is 3.39. The van der Waals surface area contributed by atoms with Crippen LogP contribution in [0.25, 0.3) is 22.3 Å². The molecule has 0 saturated carbocycles. The number of aldehydes is 1. The maximum Gasteiger partial charge on any atom is 0.151 e. The van der Waals surface area contributed by atoms with Gasteiger partial charge < -0.3 is 0 Å². The summed E-state index contributed by atoms with van der Waals surface area (Å²) in [6.45, 7) is 0. The minimum atomic E-state index is 0.741. The molecule has 0 radical (unpaired) electrons. The summed E-state index contributed by atoms with van der Waals surface area (Å²) in [6.07, 6.45) is 0.949. The van der Waals surface area contributed by atoms with Crippen LogP contribution in [0.5, 0.6) is 0 Å². The Bertz CT molecular complexity index is 658. The molecule has 1 nitrogen and oxygen atoms in total. The first kappa shape index (κ1) is 12.4. The number of rotatable bonds is 3. The van der Waals surface area contributed by atoms with Crippen LogP contribution in [0.4, 0.5) is 0 Å². The van der Waals surface area contributed by atoms with E-state index in [2.05, 4.69) is 0 Å². The van der Waals surface area contributed by atoms with Crippen molar-refractivity contribution in [2.45, 2.75) is 0 Å². The average Bonchev–Trinajstić information content (AvgIpc) is 2.55. The lowest BCUT2D eigenvalue weighted by molar-refractivity contribution is 0.112. The van der Waals surface area contributed by atoms with Crippen molar-refractivity contribution in [2.75, 3.05) is 0 Å². The normalized spacial score (nSPS) is 10.2. The second-order valence-corrected chi connectivity index (χ2v) is 4.62. The van der Waals surface area contributed by atoms with Gasteiger partial charge in [0.25, 0.3) is 0 Å². The summed E-state index contributed by atoms with van der Waals surface area (Å²) >= 11 is 0. The first-order valence-electron chi connectivity index (χ1n) is 6.59. The fraction of sp³-hybridized carbons (Fsp3) is 0. The van der Waals surface area contributed by atoms with Crippen LogP contribution in [0, 0.1) is 0 Å². The molecule has 3 aromatic carbocycles. The predicted molar refractivity (Wildman–Crippen MR) is 82.7 cm³/mol. The molecular formula is C19H14O. The molecule has 3 rings (SSSR count). The first-order valence-corrected chi connectivity index (χ1v) is 6.59. The summed E-state index contributed by atoms with van der Waals surface area (Å²) in [7, 11) is 0. The molecule has 20 heavy (non-hydrogen) atoms. The van der Waals surface area contributed by atoms with Crippen LogP contribution in [0.3, 0.4) is 0 Å². The molecule has 0 aliphatic rings. The topological polar surface area (TPSA) is 17.1 Å². The second-order valence-electron chi connectivity index (χ2n) is 4.62. The van der Waals surface area contributed by atoms with Gasteiger partial charge in [-0.15, -0.1) is 0 Å². The molecule has 0 N–H and O–H groups in total. The van der Waals surface area contributed by atoms with Gasteiger partial charge in [-0.2, -0.15) is 0 Å². The van der Waals surface area contributed by atoms with E-state index >= 15 is 0 Å². The zero-order valence-electron chi connectivity index (χ0n) is 11.0. The number of benzene rings is 3. The Morgan fingerprint density at radius 3 is 1.40 bits per heavy atom. The summed E-state index contributed by atoms with van der Waals surface area (Å²) < 4.78 is 0. The van der Waals surface area contributed by atoms with Crippen LogP contribution in [0.2, 0.25) is 0 Å². The van der Waals surface area contributed by atoms with E-state index in [1.165, 1.54) is 0 Å². The molecule has 1 heteroatoms. The van der Waals surface area contributed by atoms with E-state index in [4.69, 9.17) is 0 Å². The molecule has 0 unspecified atom stereocenters. The van der Waals surface area contributed by atoms with E-state index in [0.29, 0.717) is 0 Å². The molecule has 0 aromatic heterocycles. The lowest BCUT2D eigenvalue weighted by Gasteiger charge is -2.10. The Kier molecular flexibility index (Phi) is 3.42. The van der Waals surface area contributed by atoms with Crippen LogP contribution in [0.15, 0.2) is 78.9 Å². The van der Waals surface area contributed by atoms with E-state index in [0.717, 1.165) is 34.1 Å². The Morgan fingerprint density at radius 1 is 0.550 bits per heavy atom. The molecule has 0 saturated heterocycles. The van der Waals surface area contributed by atoms with Crippen molar-refractivity contribution >= 4 is 6.29 Å². The minimum absolute atomic E-state index is 0.741. The van der Waals surface area contributed by atoms with Crippen molar-refractivity contribution in [1.82, 2.24) is 0 Å². The van der Waals surface area contributed by atoms with Crippen molar-refractivity contribution in [3.8, 4) is 22.3 Å². The van der Waals surface area contributed by atoms with Crippen LogP contribution >= 0.6 is 0 Å². The Hall–Kier alpha value is -2.67. The van der Waals surface area contributed by atoms with Crippen molar-refractivity contribution < 1.29 is 4.79 Å². The summed E-state index contributed by atoms with van der Waals surface area (Å²) in [6, 6.07) is 26.0. The first-order chi connectivity index (χ1) is 9.90. The van der Waals surface area contributed by atoms with E-state index in [9.17, 15) is 4.79 Å².